The minimum absolute atomic E-state index is 0.0173. The number of hydrogen-bond acceptors (Lipinski definition) is 3. The standard InChI is InChI=1S/C13H17BrO3/c1-9(7-14)8-17-12-5-4-11(10(2)15)6-13(12)16-3/h4-6,9H,7-8H2,1-3H3. The predicted octanol–water partition coefficient (Wildman–Crippen LogP) is 3.31. The molecule has 3 nitrogen and oxygen atoms in total. The van der Waals surface area contributed by atoms with Crippen LogP contribution in [0.4, 0.5) is 0 Å². The Hall–Kier alpha value is -1.03. The van der Waals surface area contributed by atoms with E-state index in [1.165, 1.54) is 6.92 Å². The third-order valence-electron chi connectivity index (χ3n) is 2.36. The lowest BCUT2D eigenvalue weighted by atomic mass is 10.1. The van der Waals surface area contributed by atoms with Crippen LogP contribution in [0.25, 0.3) is 0 Å². The Morgan fingerprint density at radius 3 is 2.65 bits per heavy atom. The third kappa shape index (κ3) is 4.04. The normalized spacial score (nSPS) is 12.0. The number of Topliss-reactive ketones (excluding diaryl/α,β-unsaturated/α-hetero) is 1. The number of ether oxygens (including phenoxy) is 2. The van der Waals surface area contributed by atoms with E-state index in [2.05, 4.69) is 22.9 Å². The molecule has 0 aliphatic heterocycles. The van der Waals surface area contributed by atoms with E-state index in [0.717, 1.165) is 5.33 Å². The molecule has 0 aliphatic rings. The van der Waals surface area contributed by atoms with Crippen molar-refractivity contribution in [1.29, 1.82) is 0 Å². The molecule has 0 amide bonds. The first-order valence-corrected chi connectivity index (χ1v) is 6.58. The van der Waals surface area contributed by atoms with Gasteiger partial charge in [0.25, 0.3) is 0 Å². The second kappa shape index (κ2) is 6.64. The van der Waals surface area contributed by atoms with Crippen LogP contribution < -0.4 is 9.47 Å². The summed E-state index contributed by atoms with van der Waals surface area (Å²) in [6, 6.07) is 5.23. The molecule has 0 radical (unpaired) electrons. The second-order valence-corrected chi connectivity index (χ2v) is 4.64. The first kappa shape index (κ1) is 14.0. The van der Waals surface area contributed by atoms with E-state index in [1.807, 2.05) is 0 Å². The van der Waals surface area contributed by atoms with Crippen LogP contribution in [-0.4, -0.2) is 24.8 Å². The molecule has 4 heteroatoms. The molecule has 0 saturated heterocycles. The van der Waals surface area contributed by atoms with Gasteiger partial charge in [-0.05, 0) is 31.0 Å². The molecule has 94 valence electrons. The molecular formula is C13H17BrO3. The van der Waals surface area contributed by atoms with Crippen molar-refractivity contribution in [3.8, 4) is 11.5 Å². The van der Waals surface area contributed by atoms with E-state index in [1.54, 1.807) is 25.3 Å². The third-order valence-corrected chi connectivity index (χ3v) is 3.46. The van der Waals surface area contributed by atoms with E-state index in [4.69, 9.17) is 9.47 Å². The van der Waals surface area contributed by atoms with Crippen LogP contribution in [0.5, 0.6) is 11.5 Å². The Morgan fingerprint density at radius 1 is 1.41 bits per heavy atom. The molecule has 1 aromatic rings. The topological polar surface area (TPSA) is 35.5 Å². The summed E-state index contributed by atoms with van der Waals surface area (Å²) in [5, 5.41) is 0.890. The minimum Gasteiger partial charge on any atom is -0.493 e. The molecule has 1 aromatic carbocycles. The minimum atomic E-state index is 0.0173. The van der Waals surface area contributed by atoms with Crippen LogP contribution in [0.3, 0.4) is 0 Å². The first-order valence-electron chi connectivity index (χ1n) is 5.46. The number of carbonyl (C=O) groups excluding carboxylic acids is 1. The van der Waals surface area contributed by atoms with E-state index in [-0.39, 0.29) is 5.78 Å². The number of alkyl halides is 1. The van der Waals surface area contributed by atoms with Crippen LogP contribution in [-0.2, 0) is 0 Å². The summed E-state index contributed by atoms with van der Waals surface area (Å²) in [5.74, 6) is 1.71. The fraction of sp³-hybridized carbons (Fsp3) is 0.462. The van der Waals surface area contributed by atoms with Gasteiger partial charge < -0.3 is 9.47 Å². The SMILES string of the molecule is COc1cc(C(C)=O)ccc1OCC(C)CBr. The van der Waals surface area contributed by atoms with Crippen molar-refractivity contribution in [3.63, 3.8) is 0 Å². The molecule has 0 spiro atoms. The van der Waals surface area contributed by atoms with E-state index in [0.29, 0.717) is 29.6 Å². The number of halogens is 1. The highest BCUT2D eigenvalue weighted by Crippen LogP contribution is 2.28. The van der Waals surface area contributed by atoms with Crippen molar-refractivity contribution in [2.45, 2.75) is 13.8 Å². The molecule has 1 unspecified atom stereocenters. The lowest BCUT2D eigenvalue weighted by Crippen LogP contribution is -2.10. The fourth-order valence-corrected chi connectivity index (χ4v) is 1.47. The molecule has 1 atom stereocenters. The maximum Gasteiger partial charge on any atom is 0.161 e. The highest BCUT2D eigenvalue weighted by Gasteiger charge is 2.09. The van der Waals surface area contributed by atoms with Crippen molar-refractivity contribution in [2.24, 2.45) is 5.92 Å². The van der Waals surface area contributed by atoms with E-state index < -0.39 is 0 Å². The van der Waals surface area contributed by atoms with Gasteiger partial charge in [-0.3, -0.25) is 4.79 Å². The van der Waals surface area contributed by atoms with Gasteiger partial charge in [-0.15, -0.1) is 0 Å². The molecule has 0 N–H and O–H groups in total. The average molecular weight is 301 g/mol. The van der Waals surface area contributed by atoms with Crippen molar-refractivity contribution >= 4 is 21.7 Å². The molecule has 1 rings (SSSR count). The smallest absolute Gasteiger partial charge is 0.161 e. The number of hydrogen-bond donors (Lipinski definition) is 0. The highest BCUT2D eigenvalue weighted by atomic mass is 79.9. The largest absolute Gasteiger partial charge is 0.493 e. The van der Waals surface area contributed by atoms with Crippen molar-refractivity contribution in [2.75, 3.05) is 19.0 Å². The summed E-state index contributed by atoms with van der Waals surface area (Å²) in [4.78, 5) is 11.2. The first-order chi connectivity index (χ1) is 8.08. The van der Waals surface area contributed by atoms with Gasteiger partial charge in [-0.2, -0.15) is 0 Å². The highest BCUT2D eigenvalue weighted by molar-refractivity contribution is 9.09. The summed E-state index contributed by atoms with van der Waals surface area (Å²) in [6.45, 7) is 4.23. The maximum absolute atomic E-state index is 11.2. The number of ketones is 1. The summed E-state index contributed by atoms with van der Waals surface area (Å²) in [6.07, 6.45) is 0. The Labute approximate surface area is 110 Å². The molecule has 0 saturated carbocycles. The maximum atomic E-state index is 11.2. The Balaban J connectivity index is 2.82. The van der Waals surface area contributed by atoms with Gasteiger partial charge >= 0.3 is 0 Å². The monoisotopic (exact) mass is 300 g/mol. The molecular weight excluding hydrogens is 284 g/mol. The van der Waals surface area contributed by atoms with Gasteiger partial charge in [0.1, 0.15) is 0 Å². The zero-order valence-corrected chi connectivity index (χ0v) is 11.9. The van der Waals surface area contributed by atoms with Gasteiger partial charge in [0.15, 0.2) is 17.3 Å². The van der Waals surface area contributed by atoms with Gasteiger partial charge in [-0.25, -0.2) is 0 Å². The van der Waals surface area contributed by atoms with Gasteiger partial charge in [0, 0.05) is 10.9 Å². The van der Waals surface area contributed by atoms with Crippen molar-refractivity contribution in [1.82, 2.24) is 0 Å². The van der Waals surface area contributed by atoms with Gasteiger partial charge in [-0.1, -0.05) is 22.9 Å². The molecule has 0 aliphatic carbocycles. The predicted molar refractivity (Wildman–Crippen MR) is 71.5 cm³/mol. The van der Waals surface area contributed by atoms with Crippen LogP contribution in [0.1, 0.15) is 24.2 Å². The molecule has 0 fully saturated rings. The second-order valence-electron chi connectivity index (χ2n) is 3.99. The lowest BCUT2D eigenvalue weighted by molar-refractivity contribution is 0.101. The Kier molecular flexibility index (Phi) is 5.48. The number of rotatable bonds is 6. The summed E-state index contributed by atoms with van der Waals surface area (Å²) < 4.78 is 10.9. The number of methoxy groups -OCH3 is 1. The van der Waals surface area contributed by atoms with Crippen molar-refractivity contribution in [3.05, 3.63) is 23.8 Å². The average Bonchev–Trinajstić information content (AvgIpc) is 2.35. The van der Waals surface area contributed by atoms with Crippen LogP contribution in [0.2, 0.25) is 0 Å². The summed E-state index contributed by atoms with van der Waals surface area (Å²) in [5.41, 5.74) is 0.628. The van der Waals surface area contributed by atoms with Gasteiger partial charge in [0.05, 0.1) is 13.7 Å². The molecule has 17 heavy (non-hydrogen) atoms. The van der Waals surface area contributed by atoms with Crippen LogP contribution >= 0.6 is 15.9 Å². The summed E-state index contributed by atoms with van der Waals surface area (Å²) in [7, 11) is 1.57. The Morgan fingerprint density at radius 2 is 2.12 bits per heavy atom. The fourth-order valence-electron chi connectivity index (χ4n) is 1.28. The molecule has 0 heterocycles. The Bertz CT molecular complexity index is 390. The molecule has 0 aromatic heterocycles. The summed E-state index contributed by atoms with van der Waals surface area (Å²) >= 11 is 3.40. The number of carbonyl (C=O) groups is 1. The number of benzene rings is 1. The van der Waals surface area contributed by atoms with Crippen LogP contribution in [0, 0.1) is 5.92 Å². The van der Waals surface area contributed by atoms with Crippen LogP contribution in [0.15, 0.2) is 18.2 Å². The zero-order chi connectivity index (χ0) is 12.8. The van der Waals surface area contributed by atoms with Crippen molar-refractivity contribution < 1.29 is 14.3 Å². The quantitative estimate of drug-likeness (QED) is 0.597. The van der Waals surface area contributed by atoms with E-state index in [9.17, 15) is 4.79 Å². The zero-order valence-electron chi connectivity index (χ0n) is 10.3. The van der Waals surface area contributed by atoms with Gasteiger partial charge in [0.2, 0.25) is 0 Å². The lowest BCUT2D eigenvalue weighted by Gasteiger charge is -2.13. The van der Waals surface area contributed by atoms with E-state index >= 15 is 0 Å². The molecule has 0 bridgehead atoms.